The molecule has 0 bridgehead atoms. The first-order valence-electron chi connectivity index (χ1n) is 5.15. The maximum atomic E-state index is 12.6. The van der Waals surface area contributed by atoms with Gasteiger partial charge in [-0.15, -0.1) is 0 Å². The standard InChI is InChI=1S/C13H10F3N2/c1-2-4-9-7-10-11(17)5-3-6-12(10)18(9)8-13(14,15)16/h3,5-7H,1,8,17H2. The van der Waals surface area contributed by atoms with Crippen LogP contribution in [0.25, 0.3) is 10.9 Å². The number of nitrogens with zero attached hydrogens (tertiary/aromatic N) is 1. The summed E-state index contributed by atoms with van der Waals surface area (Å²) in [6.45, 7) is 2.23. The molecule has 2 aromatic rings. The summed E-state index contributed by atoms with van der Waals surface area (Å²) < 4.78 is 38.8. The van der Waals surface area contributed by atoms with Crippen molar-refractivity contribution in [3.8, 4) is 11.8 Å². The smallest absolute Gasteiger partial charge is 0.398 e. The molecule has 0 aliphatic rings. The normalized spacial score (nSPS) is 11.3. The van der Waals surface area contributed by atoms with E-state index in [0.717, 1.165) is 4.57 Å². The Labute approximate surface area is 102 Å². The third kappa shape index (κ3) is 2.28. The summed E-state index contributed by atoms with van der Waals surface area (Å²) in [6.07, 6.45) is -4.31. The van der Waals surface area contributed by atoms with E-state index in [9.17, 15) is 13.2 Å². The number of fused-ring (bicyclic) bond motifs is 1. The lowest BCUT2D eigenvalue weighted by Crippen LogP contribution is -2.18. The Balaban J connectivity index is 2.69. The van der Waals surface area contributed by atoms with Crippen molar-refractivity contribution >= 4 is 16.6 Å². The van der Waals surface area contributed by atoms with Crippen LogP contribution in [0.3, 0.4) is 0 Å². The fourth-order valence-electron chi connectivity index (χ4n) is 1.85. The van der Waals surface area contributed by atoms with Gasteiger partial charge in [0.25, 0.3) is 0 Å². The van der Waals surface area contributed by atoms with E-state index >= 15 is 0 Å². The number of benzene rings is 1. The summed E-state index contributed by atoms with van der Waals surface area (Å²) in [7, 11) is 0. The average Bonchev–Trinajstić information content (AvgIpc) is 2.58. The van der Waals surface area contributed by atoms with E-state index < -0.39 is 12.7 Å². The molecular formula is C13H10F3N2. The van der Waals surface area contributed by atoms with E-state index in [1.165, 1.54) is 0 Å². The largest absolute Gasteiger partial charge is 0.406 e. The van der Waals surface area contributed by atoms with Gasteiger partial charge in [0.2, 0.25) is 0 Å². The van der Waals surface area contributed by atoms with Crippen molar-refractivity contribution in [3.63, 3.8) is 0 Å². The van der Waals surface area contributed by atoms with Crippen molar-refractivity contribution in [3.05, 3.63) is 36.9 Å². The monoisotopic (exact) mass is 251 g/mol. The third-order valence-corrected chi connectivity index (χ3v) is 2.53. The van der Waals surface area contributed by atoms with E-state index in [-0.39, 0.29) is 5.69 Å². The van der Waals surface area contributed by atoms with Crippen LogP contribution in [0.15, 0.2) is 24.3 Å². The first-order chi connectivity index (χ1) is 8.42. The van der Waals surface area contributed by atoms with Crippen LogP contribution in [-0.2, 0) is 6.54 Å². The molecule has 2 nitrogen and oxygen atoms in total. The zero-order valence-electron chi connectivity index (χ0n) is 9.38. The Morgan fingerprint density at radius 3 is 2.67 bits per heavy atom. The summed E-state index contributed by atoms with van der Waals surface area (Å²) in [5, 5.41) is 0.569. The lowest BCUT2D eigenvalue weighted by Gasteiger charge is -2.10. The van der Waals surface area contributed by atoms with E-state index in [1.54, 1.807) is 24.3 Å². The predicted octanol–water partition coefficient (Wildman–Crippen LogP) is 2.97. The zero-order valence-corrected chi connectivity index (χ0v) is 9.38. The molecule has 0 aliphatic heterocycles. The summed E-state index contributed by atoms with van der Waals surface area (Å²) >= 11 is 0. The van der Waals surface area contributed by atoms with Crippen LogP contribution in [-0.4, -0.2) is 10.7 Å². The van der Waals surface area contributed by atoms with Crippen LogP contribution in [0.2, 0.25) is 0 Å². The molecule has 2 rings (SSSR count). The second-order valence-electron chi connectivity index (χ2n) is 3.81. The Hall–Kier alpha value is -2.09. The molecule has 0 fully saturated rings. The summed E-state index contributed by atoms with van der Waals surface area (Å²) in [5.41, 5.74) is 6.85. The van der Waals surface area contributed by atoms with E-state index in [2.05, 4.69) is 18.8 Å². The molecule has 93 valence electrons. The van der Waals surface area contributed by atoms with Crippen molar-refractivity contribution in [1.82, 2.24) is 4.57 Å². The second-order valence-corrected chi connectivity index (χ2v) is 3.81. The van der Waals surface area contributed by atoms with Crippen LogP contribution >= 0.6 is 0 Å². The fraction of sp³-hybridized carbons (Fsp3) is 0.154. The highest BCUT2D eigenvalue weighted by molar-refractivity contribution is 5.92. The maximum Gasteiger partial charge on any atom is 0.406 e. The number of nitrogens with two attached hydrogens (primary N) is 1. The van der Waals surface area contributed by atoms with E-state index in [4.69, 9.17) is 5.73 Å². The Morgan fingerprint density at radius 2 is 2.06 bits per heavy atom. The third-order valence-electron chi connectivity index (χ3n) is 2.53. The molecular weight excluding hydrogens is 241 g/mol. The van der Waals surface area contributed by atoms with E-state index in [1.807, 2.05) is 0 Å². The highest BCUT2D eigenvalue weighted by Gasteiger charge is 2.29. The SMILES string of the molecule is [CH2]C#Cc1cc2c(N)cccc2n1CC(F)(F)F. The number of hydrogen-bond donors (Lipinski definition) is 1. The molecule has 1 radical (unpaired) electrons. The number of hydrogen-bond acceptors (Lipinski definition) is 1. The molecule has 1 aromatic heterocycles. The quantitative estimate of drug-likeness (QED) is 0.613. The maximum absolute atomic E-state index is 12.6. The van der Waals surface area contributed by atoms with Gasteiger partial charge in [0.1, 0.15) is 6.54 Å². The first kappa shape index (κ1) is 12.4. The summed E-state index contributed by atoms with van der Waals surface area (Å²) in [6, 6.07) is 6.40. The van der Waals surface area contributed by atoms with Gasteiger partial charge >= 0.3 is 6.18 Å². The Morgan fingerprint density at radius 1 is 1.33 bits per heavy atom. The molecule has 1 heterocycles. The van der Waals surface area contributed by atoms with Gasteiger partial charge in [0, 0.05) is 18.0 Å². The molecule has 0 saturated carbocycles. The predicted molar refractivity (Wildman–Crippen MR) is 64.6 cm³/mol. The molecule has 0 saturated heterocycles. The summed E-state index contributed by atoms with van der Waals surface area (Å²) in [4.78, 5) is 0. The highest BCUT2D eigenvalue weighted by Crippen LogP contribution is 2.28. The van der Waals surface area contributed by atoms with Crippen LogP contribution in [0, 0.1) is 18.8 Å². The van der Waals surface area contributed by atoms with Crippen molar-refractivity contribution in [2.45, 2.75) is 12.7 Å². The number of alkyl halides is 3. The van der Waals surface area contributed by atoms with Gasteiger partial charge in [-0.05, 0) is 24.1 Å². The van der Waals surface area contributed by atoms with Crippen molar-refractivity contribution in [2.24, 2.45) is 0 Å². The summed E-state index contributed by atoms with van der Waals surface area (Å²) in [5.74, 6) is 4.92. The minimum atomic E-state index is -4.31. The van der Waals surface area contributed by atoms with Crippen LogP contribution in [0.5, 0.6) is 0 Å². The second kappa shape index (κ2) is 4.30. The number of aromatic nitrogens is 1. The molecule has 0 amide bonds. The van der Waals surface area contributed by atoms with Gasteiger partial charge in [-0.25, -0.2) is 0 Å². The molecule has 0 aliphatic carbocycles. The topological polar surface area (TPSA) is 30.9 Å². The molecule has 18 heavy (non-hydrogen) atoms. The number of anilines is 1. The van der Waals surface area contributed by atoms with Gasteiger partial charge in [0.15, 0.2) is 0 Å². The molecule has 1 aromatic carbocycles. The molecule has 5 heteroatoms. The highest BCUT2D eigenvalue weighted by atomic mass is 19.4. The Bertz CT molecular complexity index is 642. The minimum absolute atomic E-state index is 0.259. The van der Waals surface area contributed by atoms with Crippen molar-refractivity contribution in [2.75, 3.05) is 5.73 Å². The van der Waals surface area contributed by atoms with Gasteiger partial charge in [0.05, 0.1) is 11.2 Å². The van der Waals surface area contributed by atoms with Gasteiger partial charge in [-0.3, -0.25) is 0 Å². The van der Waals surface area contributed by atoms with Crippen molar-refractivity contribution < 1.29 is 13.2 Å². The number of rotatable bonds is 1. The lowest BCUT2D eigenvalue weighted by molar-refractivity contribution is -0.140. The van der Waals surface area contributed by atoms with Crippen LogP contribution < -0.4 is 5.73 Å². The van der Waals surface area contributed by atoms with Gasteiger partial charge < -0.3 is 10.3 Å². The van der Waals surface area contributed by atoms with Crippen LogP contribution in [0.4, 0.5) is 18.9 Å². The van der Waals surface area contributed by atoms with Crippen molar-refractivity contribution in [1.29, 1.82) is 0 Å². The Kier molecular flexibility index (Phi) is 2.95. The number of nitrogen functional groups attached to an aromatic ring is 1. The van der Waals surface area contributed by atoms with Gasteiger partial charge in [-0.2, -0.15) is 13.2 Å². The molecule has 0 spiro atoms. The zero-order chi connectivity index (χ0) is 13.3. The molecule has 2 N–H and O–H groups in total. The molecule has 0 atom stereocenters. The van der Waals surface area contributed by atoms with Crippen LogP contribution in [0.1, 0.15) is 5.69 Å². The first-order valence-corrected chi connectivity index (χ1v) is 5.15. The van der Waals surface area contributed by atoms with Gasteiger partial charge in [-0.1, -0.05) is 12.0 Å². The van der Waals surface area contributed by atoms with E-state index in [0.29, 0.717) is 16.6 Å². The minimum Gasteiger partial charge on any atom is -0.398 e. The fourth-order valence-corrected chi connectivity index (χ4v) is 1.85. The molecule has 0 unspecified atom stereocenters. The average molecular weight is 251 g/mol. The number of halogens is 3. The lowest BCUT2D eigenvalue weighted by atomic mass is 10.2.